The fourth-order valence-electron chi connectivity index (χ4n) is 9.94. The van der Waals surface area contributed by atoms with E-state index in [0.717, 1.165) is 0 Å². The lowest BCUT2D eigenvalue weighted by molar-refractivity contribution is -0.113. The number of hydrogen-bond acceptors (Lipinski definition) is 10. The van der Waals surface area contributed by atoms with Gasteiger partial charge in [0.25, 0.3) is 11.1 Å². The molecule has 2 aliphatic carbocycles. The first kappa shape index (κ1) is 46.5. The number of phenolic OH excluding ortho intramolecular Hbond substituents is 2. The van der Waals surface area contributed by atoms with Gasteiger partial charge in [-0.05, 0) is 99.9 Å². The summed E-state index contributed by atoms with van der Waals surface area (Å²) in [4.78, 5) is 57.2. The van der Waals surface area contributed by atoms with Crippen molar-refractivity contribution in [3.8, 4) is 34.0 Å². The molecule has 350 valence electrons. The van der Waals surface area contributed by atoms with Crippen molar-refractivity contribution >= 4 is 45.2 Å². The highest BCUT2D eigenvalue weighted by Gasteiger charge is 2.40. The SMILES string of the molecule is CC(Nc1c(C)n(C)n(-c2ccccc2)c1=O)=C1C(=O)C(O)=C(C(C)C)c2cc(C)c(-c3c(C)cc4c(c3O)C(=C(C)Nc3c(C)n(C)n(-c5ccccc5)c3=O)C(=O)C(O)=C4C(C)C)c(O)c21. The number of carbonyl (C=O) groups excluding carboxylic acids is 2. The summed E-state index contributed by atoms with van der Waals surface area (Å²) < 4.78 is 6.37. The average Bonchev–Trinajstić information content (AvgIpc) is 3.63. The van der Waals surface area contributed by atoms with Crippen LogP contribution >= 0.6 is 0 Å². The number of anilines is 2. The van der Waals surface area contributed by atoms with E-state index in [0.29, 0.717) is 56.2 Å². The number of aliphatic hydroxyl groups excluding tert-OH is 2. The van der Waals surface area contributed by atoms with E-state index in [4.69, 9.17) is 0 Å². The summed E-state index contributed by atoms with van der Waals surface area (Å²) in [7, 11) is 3.49. The van der Waals surface area contributed by atoms with Gasteiger partial charge < -0.3 is 31.1 Å². The van der Waals surface area contributed by atoms with Crippen LogP contribution < -0.4 is 21.8 Å². The number of Topliss-reactive ketones (excluding diaryl/α,β-unsaturated/α-hetero) is 2. The zero-order chi connectivity index (χ0) is 49.5. The van der Waals surface area contributed by atoms with Crippen LogP contribution in [0.5, 0.6) is 11.5 Å². The number of nitrogens with zero attached hydrogens (tertiary/aromatic N) is 4. The molecule has 0 bridgehead atoms. The minimum Gasteiger partial charge on any atom is -0.507 e. The highest BCUT2D eigenvalue weighted by Crippen LogP contribution is 2.54. The predicted molar refractivity (Wildman–Crippen MR) is 267 cm³/mol. The van der Waals surface area contributed by atoms with Gasteiger partial charge in [0.1, 0.15) is 22.9 Å². The molecule has 0 spiro atoms. The van der Waals surface area contributed by atoms with Crippen molar-refractivity contribution in [2.75, 3.05) is 10.6 Å². The topological polar surface area (TPSA) is 193 Å². The molecule has 4 aromatic carbocycles. The van der Waals surface area contributed by atoms with Crippen LogP contribution in [0, 0.1) is 39.5 Å². The predicted octanol–water partition coefficient (Wildman–Crippen LogP) is 9.68. The Labute approximate surface area is 393 Å². The minimum absolute atomic E-state index is 0.0786. The van der Waals surface area contributed by atoms with Gasteiger partial charge in [0.05, 0.1) is 33.9 Å². The average molecular weight is 917 g/mol. The number of aromatic hydroxyl groups is 2. The number of hydrogen-bond donors (Lipinski definition) is 6. The Hall–Kier alpha value is -8.00. The van der Waals surface area contributed by atoms with E-state index in [9.17, 15) is 39.6 Å². The molecule has 8 rings (SSSR count). The van der Waals surface area contributed by atoms with Crippen LogP contribution in [0.2, 0.25) is 0 Å². The standard InChI is InChI=1S/C54H56N6O8/c1-25(2)37-35-23-27(5)39(47(61)43(35)41(51(65)49(37)63)29(7)55-45-31(9)57(11)59(53(45)67)33-19-15-13-16-20-33)40-28(6)24-36-38(26(3)4)50(64)52(66)42(44(36)48(40)62)30(8)56-46-32(10)58(12)60(54(46)68)34-21-17-14-18-22-34/h13-26,55-56,61-64H,1-12H3. The lowest BCUT2D eigenvalue weighted by Gasteiger charge is -2.30. The van der Waals surface area contributed by atoms with Crippen molar-refractivity contribution in [3.05, 3.63) is 161 Å². The van der Waals surface area contributed by atoms with Gasteiger partial charge in [0, 0.05) is 58.9 Å². The number of nitrogens with one attached hydrogen (secondary N) is 2. The van der Waals surface area contributed by atoms with E-state index in [-0.39, 0.29) is 90.6 Å². The molecular formula is C54H56N6O8. The van der Waals surface area contributed by atoms with Crippen LogP contribution in [0.1, 0.15) is 86.3 Å². The lowest BCUT2D eigenvalue weighted by Crippen LogP contribution is -2.23. The van der Waals surface area contributed by atoms with Crippen molar-refractivity contribution in [1.82, 2.24) is 18.7 Å². The van der Waals surface area contributed by atoms with Gasteiger partial charge in [0.2, 0.25) is 11.6 Å². The number of ketones is 2. The third-order valence-electron chi connectivity index (χ3n) is 13.4. The quantitative estimate of drug-likeness (QED) is 0.0761. The number of allylic oxidation sites excluding steroid dienone is 6. The molecule has 0 unspecified atom stereocenters. The second-order valence-corrected chi connectivity index (χ2v) is 18.3. The van der Waals surface area contributed by atoms with Crippen LogP contribution in [0.25, 0.3) is 44.8 Å². The fraction of sp³-hybridized carbons (Fsp3) is 0.259. The van der Waals surface area contributed by atoms with Gasteiger partial charge in [-0.15, -0.1) is 0 Å². The number of carbonyl (C=O) groups is 2. The van der Waals surface area contributed by atoms with Gasteiger partial charge in [-0.25, -0.2) is 9.36 Å². The zero-order valence-corrected chi connectivity index (χ0v) is 40.3. The number of benzene rings is 4. The summed E-state index contributed by atoms with van der Waals surface area (Å²) in [5.41, 5.74) is 4.91. The van der Waals surface area contributed by atoms with Crippen molar-refractivity contribution in [2.45, 2.75) is 69.2 Å². The van der Waals surface area contributed by atoms with Crippen LogP contribution in [0.4, 0.5) is 11.4 Å². The van der Waals surface area contributed by atoms with Crippen molar-refractivity contribution in [1.29, 1.82) is 0 Å². The van der Waals surface area contributed by atoms with E-state index >= 15 is 0 Å². The first-order valence-electron chi connectivity index (χ1n) is 22.5. The molecule has 0 radical (unpaired) electrons. The fourth-order valence-corrected chi connectivity index (χ4v) is 9.94. The van der Waals surface area contributed by atoms with Gasteiger partial charge in [-0.1, -0.05) is 76.2 Å². The number of aromatic nitrogens is 4. The molecule has 0 aliphatic heterocycles. The van der Waals surface area contributed by atoms with Crippen LogP contribution in [0.3, 0.4) is 0 Å². The van der Waals surface area contributed by atoms with Crippen LogP contribution in [0.15, 0.2) is 105 Å². The third-order valence-corrected chi connectivity index (χ3v) is 13.4. The molecule has 6 N–H and O–H groups in total. The maximum atomic E-state index is 14.5. The molecule has 0 saturated heterocycles. The number of fused-ring (bicyclic) bond motifs is 2. The Morgan fingerprint density at radius 2 is 0.838 bits per heavy atom. The first-order chi connectivity index (χ1) is 32.1. The summed E-state index contributed by atoms with van der Waals surface area (Å²) in [5.74, 6) is -4.07. The van der Waals surface area contributed by atoms with E-state index < -0.39 is 23.1 Å². The van der Waals surface area contributed by atoms with E-state index in [1.54, 1.807) is 101 Å². The number of rotatable bonds is 9. The molecule has 0 amide bonds. The van der Waals surface area contributed by atoms with E-state index in [2.05, 4.69) is 10.6 Å². The monoisotopic (exact) mass is 916 g/mol. The van der Waals surface area contributed by atoms with Crippen molar-refractivity contribution in [2.24, 2.45) is 25.9 Å². The second-order valence-electron chi connectivity index (χ2n) is 18.3. The maximum Gasteiger partial charge on any atom is 0.295 e. The number of phenols is 2. The summed E-state index contributed by atoms with van der Waals surface area (Å²) >= 11 is 0. The summed E-state index contributed by atoms with van der Waals surface area (Å²) in [6.07, 6.45) is 0. The van der Waals surface area contributed by atoms with Gasteiger partial charge in [-0.3, -0.25) is 28.5 Å². The third kappa shape index (κ3) is 7.01. The number of aliphatic hydroxyl groups is 2. The molecule has 68 heavy (non-hydrogen) atoms. The Balaban J connectivity index is 1.37. The largest absolute Gasteiger partial charge is 0.507 e. The van der Waals surface area contributed by atoms with Gasteiger partial charge >= 0.3 is 0 Å². The first-order valence-corrected chi connectivity index (χ1v) is 22.5. The number of aryl methyl sites for hydroxylation is 2. The second kappa shape index (κ2) is 17.0. The molecule has 0 atom stereocenters. The van der Waals surface area contributed by atoms with Gasteiger partial charge in [0.15, 0.2) is 11.5 Å². The maximum absolute atomic E-state index is 14.5. The zero-order valence-electron chi connectivity index (χ0n) is 40.3. The molecule has 14 heteroatoms. The molecule has 2 heterocycles. The van der Waals surface area contributed by atoms with E-state index in [1.165, 1.54) is 9.36 Å². The molecule has 6 aromatic rings. The summed E-state index contributed by atoms with van der Waals surface area (Å²) in [6, 6.07) is 21.7. The smallest absolute Gasteiger partial charge is 0.295 e. The molecule has 2 aliphatic rings. The Morgan fingerprint density at radius 3 is 1.15 bits per heavy atom. The summed E-state index contributed by atoms with van der Waals surface area (Å²) in [6.45, 7) is 17.5. The number of para-hydroxylation sites is 2. The summed E-state index contributed by atoms with van der Waals surface area (Å²) in [5, 5.41) is 55.3. The highest BCUT2D eigenvalue weighted by molar-refractivity contribution is 6.36. The van der Waals surface area contributed by atoms with Crippen molar-refractivity contribution < 1.29 is 30.0 Å². The Bertz CT molecular complexity index is 3200. The molecule has 0 saturated carbocycles. The normalized spacial score (nSPS) is 15.4. The van der Waals surface area contributed by atoms with Crippen LogP contribution in [-0.4, -0.2) is 50.7 Å². The molecular weight excluding hydrogens is 861 g/mol. The minimum atomic E-state index is -0.776. The van der Waals surface area contributed by atoms with Gasteiger partial charge in [-0.2, -0.15) is 0 Å². The van der Waals surface area contributed by atoms with Crippen LogP contribution in [-0.2, 0) is 23.7 Å². The van der Waals surface area contributed by atoms with E-state index in [1.807, 2.05) is 64.1 Å². The molecule has 14 nitrogen and oxygen atoms in total. The highest BCUT2D eigenvalue weighted by atomic mass is 16.3. The lowest BCUT2D eigenvalue weighted by atomic mass is 9.74. The molecule has 2 aromatic heterocycles. The Morgan fingerprint density at radius 1 is 0.515 bits per heavy atom. The molecule has 0 fully saturated rings. The van der Waals surface area contributed by atoms with Crippen molar-refractivity contribution in [3.63, 3.8) is 0 Å². The Kier molecular flexibility index (Phi) is 11.6.